The summed E-state index contributed by atoms with van der Waals surface area (Å²) >= 11 is 0. The Morgan fingerprint density at radius 3 is 2.08 bits per heavy atom. The minimum absolute atomic E-state index is 0.0685. The minimum Gasteiger partial charge on any atom is -0.373 e. The fourth-order valence-electron chi connectivity index (χ4n) is 3.34. The van der Waals surface area contributed by atoms with Gasteiger partial charge in [-0.2, -0.15) is 0 Å². The van der Waals surface area contributed by atoms with E-state index in [0.717, 1.165) is 13.0 Å². The van der Waals surface area contributed by atoms with Crippen molar-refractivity contribution in [3.63, 3.8) is 0 Å². The van der Waals surface area contributed by atoms with Crippen molar-refractivity contribution in [2.75, 3.05) is 13.2 Å². The van der Waals surface area contributed by atoms with Gasteiger partial charge in [-0.05, 0) is 30.0 Å². The van der Waals surface area contributed by atoms with Crippen LogP contribution in [0.2, 0.25) is 0 Å². The standard InChI is InChI=1S/C23H30O2/c1-3-4-5-6-7-22-16-25-23(17-24-22)21-14-12-20(13-15-21)19-10-8-18(2)9-11-19/h8-15,22-23H,3-7,16-17H2,1-2H3/t22-,23-/m0/s1. The molecule has 0 spiro atoms. The summed E-state index contributed by atoms with van der Waals surface area (Å²) in [5, 5.41) is 0. The van der Waals surface area contributed by atoms with Crippen LogP contribution in [0.1, 0.15) is 56.3 Å². The summed E-state index contributed by atoms with van der Waals surface area (Å²) in [6, 6.07) is 17.4. The molecular weight excluding hydrogens is 308 g/mol. The van der Waals surface area contributed by atoms with Gasteiger partial charge in [-0.1, -0.05) is 86.7 Å². The summed E-state index contributed by atoms with van der Waals surface area (Å²) < 4.78 is 12.1. The summed E-state index contributed by atoms with van der Waals surface area (Å²) in [7, 11) is 0. The van der Waals surface area contributed by atoms with E-state index in [9.17, 15) is 0 Å². The number of aryl methyl sites for hydroxylation is 1. The van der Waals surface area contributed by atoms with Gasteiger partial charge in [0.05, 0.1) is 19.3 Å². The van der Waals surface area contributed by atoms with Gasteiger partial charge in [0.25, 0.3) is 0 Å². The molecule has 0 bridgehead atoms. The van der Waals surface area contributed by atoms with Crippen molar-refractivity contribution in [2.24, 2.45) is 0 Å². The van der Waals surface area contributed by atoms with E-state index in [4.69, 9.17) is 9.47 Å². The van der Waals surface area contributed by atoms with Crippen molar-refractivity contribution in [2.45, 2.75) is 58.2 Å². The van der Waals surface area contributed by atoms with Crippen LogP contribution < -0.4 is 0 Å². The Balaban J connectivity index is 1.51. The summed E-state index contributed by atoms with van der Waals surface area (Å²) in [4.78, 5) is 0. The second kappa shape index (κ2) is 9.17. The monoisotopic (exact) mass is 338 g/mol. The molecule has 1 fully saturated rings. The number of ether oxygens (including phenoxy) is 2. The number of rotatable bonds is 7. The second-order valence-electron chi connectivity index (χ2n) is 7.11. The van der Waals surface area contributed by atoms with Crippen molar-refractivity contribution >= 4 is 0 Å². The molecule has 1 aliphatic heterocycles. The third-order valence-electron chi connectivity index (χ3n) is 5.01. The lowest BCUT2D eigenvalue weighted by Gasteiger charge is -2.30. The van der Waals surface area contributed by atoms with Crippen LogP contribution in [0, 0.1) is 6.92 Å². The lowest BCUT2D eigenvalue weighted by atomic mass is 10.0. The molecule has 2 heteroatoms. The molecule has 2 atom stereocenters. The fraction of sp³-hybridized carbons (Fsp3) is 0.478. The van der Waals surface area contributed by atoms with E-state index in [1.54, 1.807) is 0 Å². The van der Waals surface area contributed by atoms with Crippen molar-refractivity contribution in [1.29, 1.82) is 0 Å². The Hall–Kier alpha value is -1.64. The van der Waals surface area contributed by atoms with Gasteiger partial charge in [0.2, 0.25) is 0 Å². The van der Waals surface area contributed by atoms with Gasteiger partial charge in [-0.3, -0.25) is 0 Å². The molecule has 25 heavy (non-hydrogen) atoms. The summed E-state index contributed by atoms with van der Waals surface area (Å²) in [6.07, 6.45) is 6.63. The van der Waals surface area contributed by atoms with Crippen LogP contribution in [0.3, 0.4) is 0 Å². The average molecular weight is 338 g/mol. The predicted molar refractivity (Wildman–Crippen MR) is 104 cm³/mol. The SMILES string of the molecule is CCCCCC[C@H]1CO[C@H](c2ccc(-c3ccc(C)cc3)cc2)CO1. The van der Waals surface area contributed by atoms with Crippen molar-refractivity contribution in [3.05, 3.63) is 59.7 Å². The smallest absolute Gasteiger partial charge is 0.106 e. The summed E-state index contributed by atoms with van der Waals surface area (Å²) in [5.41, 5.74) is 5.00. The highest BCUT2D eigenvalue weighted by atomic mass is 16.6. The van der Waals surface area contributed by atoms with Gasteiger partial charge in [-0.15, -0.1) is 0 Å². The van der Waals surface area contributed by atoms with Gasteiger partial charge in [0, 0.05) is 0 Å². The quantitative estimate of drug-likeness (QED) is 0.569. The van der Waals surface area contributed by atoms with Crippen LogP contribution in [0.5, 0.6) is 0 Å². The lowest BCUT2D eigenvalue weighted by molar-refractivity contribution is -0.137. The number of benzene rings is 2. The summed E-state index contributed by atoms with van der Waals surface area (Å²) in [6.45, 7) is 5.75. The van der Waals surface area contributed by atoms with Crippen LogP contribution in [-0.2, 0) is 9.47 Å². The third kappa shape index (κ3) is 5.17. The average Bonchev–Trinajstić information content (AvgIpc) is 2.67. The number of hydrogen-bond donors (Lipinski definition) is 0. The first kappa shape index (κ1) is 18.2. The van der Waals surface area contributed by atoms with E-state index in [-0.39, 0.29) is 12.2 Å². The molecule has 0 N–H and O–H groups in total. The molecule has 2 aromatic rings. The number of unbranched alkanes of at least 4 members (excludes halogenated alkanes) is 3. The van der Waals surface area contributed by atoms with Crippen LogP contribution in [0.25, 0.3) is 11.1 Å². The van der Waals surface area contributed by atoms with Crippen molar-refractivity contribution in [1.82, 2.24) is 0 Å². The first-order chi connectivity index (χ1) is 12.3. The van der Waals surface area contributed by atoms with Gasteiger partial charge >= 0.3 is 0 Å². The van der Waals surface area contributed by atoms with E-state index >= 15 is 0 Å². The van der Waals surface area contributed by atoms with Crippen LogP contribution in [0.15, 0.2) is 48.5 Å². The zero-order chi connectivity index (χ0) is 17.5. The van der Waals surface area contributed by atoms with Crippen LogP contribution in [-0.4, -0.2) is 19.3 Å². The highest BCUT2D eigenvalue weighted by molar-refractivity contribution is 5.64. The third-order valence-corrected chi connectivity index (χ3v) is 5.01. The normalized spacial score (nSPS) is 20.6. The first-order valence-electron chi connectivity index (χ1n) is 9.66. The topological polar surface area (TPSA) is 18.5 Å². The van der Waals surface area contributed by atoms with Gasteiger partial charge < -0.3 is 9.47 Å². The van der Waals surface area contributed by atoms with Gasteiger partial charge in [-0.25, -0.2) is 0 Å². The Labute approximate surface area is 152 Å². The Morgan fingerprint density at radius 2 is 1.48 bits per heavy atom. The lowest BCUT2D eigenvalue weighted by Crippen LogP contribution is -2.31. The van der Waals surface area contributed by atoms with Gasteiger partial charge in [0.1, 0.15) is 6.10 Å². The Morgan fingerprint density at radius 1 is 0.800 bits per heavy atom. The van der Waals surface area contributed by atoms with E-state index in [2.05, 4.69) is 62.4 Å². The molecule has 2 aromatic carbocycles. The molecule has 0 amide bonds. The van der Waals surface area contributed by atoms with E-state index in [0.29, 0.717) is 6.61 Å². The second-order valence-corrected chi connectivity index (χ2v) is 7.11. The first-order valence-corrected chi connectivity index (χ1v) is 9.66. The molecular formula is C23H30O2. The maximum atomic E-state index is 6.07. The molecule has 1 saturated heterocycles. The highest BCUT2D eigenvalue weighted by Crippen LogP contribution is 2.27. The Bertz CT molecular complexity index is 622. The summed E-state index contributed by atoms with van der Waals surface area (Å²) in [5.74, 6) is 0. The molecule has 1 heterocycles. The van der Waals surface area contributed by atoms with E-state index in [1.165, 1.54) is 47.9 Å². The molecule has 2 nitrogen and oxygen atoms in total. The number of hydrogen-bond acceptors (Lipinski definition) is 2. The molecule has 0 aromatic heterocycles. The minimum atomic E-state index is 0.0685. The molecule has 0 unspecified atom stereocenters. The largest absolute Gasteiger partial charge is 0.373 e. The molecule has 0 aliphatic carbocycles. The fourth-order valence-corrected chi connectivity index (χ4v) is 3.34. The molecule has 1 aliphatic rings. The molecule has 0 radical (unpaired) electrons. The maximum Gasteiger partial charge on any atom is 0.106 e. The maximum absolute atomic E-state index is 6.07. The predicted octanol–water partition coefficient (Wildman–Crippen LogP) is 6.09. The van der Waals surface area contributed by atoms with Crippen molar-refractivity contribution < 1.29 is 9.47 Å². The zero-order valence-corrected chi connectivity index (χ0v) is 15.5. The molecule has 0 saturated carbocycles. The molecule has 134 valence electrons. The highest BCUT2D eigenvalue weighted by Gasteiger charge is 2.23. The Kier molecular flexibility index (Phi) is 6.66. The van der Waals surface area contributed by atoms with E-state index in [1.807, 2.05) is 0 Å². The zero-order valence-electron chi connectivity index (χ0n) is 15.5. The van der Waals surface area contributed by atoms with Gasteiger partial charge in [0.15, 0.2) is 0 Å². The van der Waals surface area contributed by atoms with Crippen molar-refractivity contribution in [3.8, 4) is 11.1 Å². The van der Waals surface area contributed by atoms with E-state index < -0.39 is 0 Å². The van der Waals surface area contributed by atoms with Crippen LogP contribution >= 0.6 is 0 Å². The molecule has 3 rings (SSSR count). The van der Waals surface area contributed by atoms with Crippen LogP contribution in [0.4, 0.5) is 0 Å².